The fourth-order valence-electron chi connectivity index (χ4n) is 3.35. The number of benzene rings is 1. The van der Waals surface area contributed by atoms with Crippen molar-refractivity contribution in [2.24, 2.45) is 5.41 Å². The Morgan fingerprint density at radius 2 is 2.00 bits per heavy atom. The van der Waals surface area contributed by atoms with Crippen LogP contribution < -0.4 is 5.32 Å². The van der Waals surface area contributed by atoms with Gasteiger partial charge in [0.15, 0.2) is 0 Å². The Balaban J connectivity index is 1.97. The van der Waals surface area contributed by atoms with Gasteiger partial charge >= 0.3 is 0 Å². The van der Waals surface area contributed by atoms with Crippen LogP contribution in [0.5, 0.6) is 0 Å². The highest BCUT2D eigenvalue weighted by molar-refractivity contribution is 5.14. The normalized spacial score (nSPS) is 23.1. The zero-order valence-corrected chi connectivity index (χ0v) is 12.5. The summed E-state index contributed by atoms with van der Waals surface area (Å²) in [5, 5.41) is 3.56. The number of hydrogen-bond acceptors (Lipinski definition) is 2. The molecule has 1 N–H and O–H groups in total. The van der Waals surface area contributed by atoms with E-state index in [0.29, 0.717) is 5.41 Å². The molecule has 1 aliphatic heterocycles. The molecule has 0 amide bonds. The first-order valence-corrected chi connectivity index (χ1v) is 7.75. The molecule has 1 heterocycles. The zero-order valence-electron chi connectivity index (χ0n) is 12.5. The minimum absolute atomic E-state index is 0.513. The Bertz CT molecular complexity index is 355. The topological polar surface area (TPSA) is 15.3 Å². The summed E-state index contributed by atoms with van der Waals surface area (Å²) in [6, 6.07) is 10.9. The second-order valence-electron chi connectivity index (χ2n) is 5.97. The summed E-state index contributed by atoms with van der Waals surface area (Å²) >= 11 is 0. The highest BCUT2D eigenvalue weighted by Crippen LogP contribution is 2.32. The monoisotopic (exact) mass is 260 g/mol. The molecular formula is C17H28N2. The first kappa shape index (κ1) is 14.5. The molecule has 1 unspecified atom stereocenters. The Morgan fingerprint density at radius 1 is 1.21 bits per heavy atom. The van der Waals surface area contributed by atoms with Crippen LogP contribution in [0.3, 0.4) is 0 Å². The van der Waals surface area contributed by atoms with E-state index in [1.807, 2.05) is 0 Å². The van der Waals surface area contributed by atoms with E-state index in [-0.39, 0.29) is 0 Å². The Labute approximate surface area is 118 Å². The van der Waals surface area contributed by atoms with Crippen LogP contribution in [0.25, 0.3) is 0 Å². The first-order chi connectivity index (χ1) is 9.28. The molecule has 1 aromatic rings. The molecule has 0 bridgehead atoms. The molecule has 0 radical (unpaired) electrons. The van der Waals surface area contributed by atoms with Gasteiger partial charge in [0.05, 0.1) is 0 Å². The molecule has 2 heteroatoms. The van der Waals surface area contributed by atoms with Crippen molar-refractivity contribution >= 4 is 0 Å². The van der Waals surface area contributed by atoms with Crippen LogP contribution in [0.2, 0.25) is 0 Å². The minimum atomic E-state index is 0.513. The molecule has 0 aliphatic carbocycles. The third-order valence-electron chi connectivity index (χ3n) is 4.37. The third-order valence-corrected chi connectivity index (χ3v) is 4.37. The molecule has 2 nitrogen and oxygen atoms in total. The average Bonchev–Trinajstić information content (AvgIpc) is 2.88. The van der Waals surface area contributed by atoms with Gasteiger partial charge in [-0.05, 0) is 36.9 Å². The molecule has 1 fully saturated rings. The van der Waals surface area contributed by atoms with Crippen molar-refractivity contribution in [3.8, 4) is 0 Å². The van der Waals surface area contributed by atoms with Crippen LogP contribution in [0.4, 0.5) is 0 Å². The van der Waals surface area contributed by atoms with Crippen LogP contribution >= 0.6 is 0 Å². The van der Waals surface area contributed by atoms with Gasteiger partial charge < -0.3 is 5.32 Å². The summed E-state index contributed by atoms with van der Waals surface area (Å²) in [6.45, 7) is 10.5. The van der Waals surface area contributed by atoms with E-state index in [1.165, 1.54) is 44.5 Å². The highest BCUT2D eigenvalue weighted by Gasteiger charge is 2.34. The van der Waals surface area contributed by atoms with Gasteiger partial charge in [-0.15, -0.1) is 0 Å². The van der Waals surface area contributed by atoms with Crippen molar-refractivity contribution in [2.75, 3.05) is 26.2 Å². The molecule has 1 aliphatic rings. The summed E-state index contributed by atoms with van der Waals surface area (Å²) in [6.07, 6.45) is 3.99. The van der Waals surface area contributed by atoms with E-state index in [0.717, 1.165) is 13.1 Å². The number of hydrogen-bond donors (Lipinski definition) is 1. The lowest BCUT2D eigenvalue weighted by molar-refractivity contribution is 0.152. The average molecular weight is 260 g/mol. The van der Waals surface area contributed by atoms with Gasteiger partial charge in [-0.3, -0.25) is 4.90 Å². The SMILES string of the molecule is CCCC1(CN(CC)Cc2ccccc2)CCNC1. The standard InChI is InChI=1S/C17H28N2/c1-3-10-17(11-12-18-14-17)15-19(4-2)13-16-8-6-5-7-9-16/h5-9,18H,3-4,10-15H2,1-2H3. The molecule has 1 aromatic carbocycles. The Hall–Kier alpha value is -0.860. The number of rotatable bonds is 7. The van der Waals surface area contributed by atoms with Crippen molar-refractivity contribution in [1.29, 1.82) is 0 Å². The van der Waals surface area contributed by atoms with Crippen LogP contribution in [0, 0.1) is 5.41 Å². The maximum absolute atomic E-state index is 3.56. The lowest BCUT2D eigenvalue weighted by atomic mass is 9.82. The van der Waals surface area contributed by atoms with Gasteiger partial charge in [0.2, 0.25) is 0 Å². The Morgan fingerprint density at radius 3 is 2.58 bits per heavy atom. The number of nitrogens with one attached hydrogen (secondary N) is 1. The summed E-state index contributed by atoms with van der Waals surface area (Å²) in [5.74, 6) is 0. The molecule has 1 saturated heterocycles. The smallest absolute Gasteiger partial charge is 0.0233 e. The fraction of sp³-hybridized carbons (Fsp3) is 0.647. The second-order valence-corrected chi connectivity index (χ2v) is 5.97. The summed E-state index contributed by atoms with van der Waals surface area (Å²) in [7, 11) is 0. The molecule has 2 rings (SSSR count). The van der Waals surface area contributed by atoms with E-state index in [2.05, 4.69) is 54.4 Å². The molecule has 0 saturated carbocycles. The third kappa shape index (κ3) is 4.05. The van der Waals surface area contributed by atoms with Gasteiger partial charge in [0.1, 0.15) is 0 Å². The van der Waals surface area contributed by atoms with Gasteiger partial charge in [0.25, 0.3) is 0 Å². The predicted molar refractivity (Wildman–Crippen MR) is 82.2 cm³/mol. The van der Waals surface area contributed by atoms with Crippen molar-refractivity contribution < 1.29 is 0 Å². The van der Waals surface area contributed by atoms with Crippen LogP contribution in [0.1, 0.15) is 38.7 Å². The van der Waals surface area contributed by atoms with Crippen LogP contribution in [-0.2, 0) is 6.54 Å². The van der Waals surface area contributed by atoms with Gasteiger partial charge in [-0.1, -0.05) is 50.6 Å². The van der Waals surface area contributed by atoms with Gasteiger partial charge in [0, 0.05) is 19.6 Å². The van der Waals surface area contributed by atoms with Crippen molar-refractivity contribution in [2.45, 2.75) is 39.7 Å². The van der Waals surface area contributed by atoms with E-state index in [1.54, 1.807) is 0 Å². The molecule has 106 valence electrons. The lowest BCUT2D eigenvalue weighted by Crippen LogP contribution is -2.39. The molecule has 0 aromatic heterocycles. The summed E-state index contributed by atoms with van der Waals surface area (Å²) in [4.78, 5) is 2.61. The maximum atomic E-state index is 3.56. The molecular weight excluding hydrogens is 232 g/mol. The van der Waals surface area contributed by atoms with Gasteiger partial charge in [-0.2, -0.15) is 0 Å². The van der Waals surface area contributed by atoms with Crippen LogP contribution in [0.15, 0.2) is 30.3 Å². The second kappa shape index (κ2) is 7.06. The van der Waals surface area contributed by atoms with E-state index in [4.69, 9.17) is 0 Å². The number of nitrogens with zero attached hydrogens (tertiary/aromatic N) is 1. The molecule has 19 heavy (non-hydrogen) atoms. The quantitative estimate of drug-likeness (QED) is 0.809. The van der Waals surface area contributed by atoms with Crippen molar-refractivity contribution in [3.63, 3.8) is 0 Å². The molecule has 1 atom stereocenters. The predicted octanol–water partition coefficient (Wildman–Crippen LogP) is 3.29. The summed E-state index contributed by atoms with van der Waals surface area (Å²) < 4.78 is 0. The van der Waals surface area contributed by atoms with E-state index < -0.39 is 0 Å². The summed E-state index contributed by atoms with van der Waals surface area (Å²) in [5.41, 5.74) is 1.95. The zero-order chi connectivity index (χ0) is 13.6. The van der Waals surface area contributed by atoms with E-state index in [9.17, 15) is 0 Å². The minimum Gasteiger partial charge on any atom is -0.316 e. The fourth-order valence-corrected chi connectivity index (χ4v) is 3.35. The van der Waals surface area contributed by atoms with Crippen molar-refractivity contribution in [3.05, 3.63) is 35.9 Å². The van der Waals surface area contributed by atoms with Crippen LogP contribution in [-0.4, -0.2) is 31.1 Å². The first-order valence-electron chi connectivity index (χ1n) is 7.75. The largest absolute Gasteiger partial charge is 0.316 e. The Kier molecular flexibility index (Phi) is 5.41. The maximum Gasteiger partial charge on any atom is 0.0233 e. The molecule has 0 spiro atoms. The van der Waals surface area contributed by atoms with Crippen molar-refractivity contribution in [1.82, 2.24) is 10.2 Å². The van der Waals surface area contributed by atoms with Gasteiger partial charge in [-0.25, -0.2) is 0 Å². The highest BCUT2D eigenvalue weighted by atomic mass is 15.1. The van der Waals surface area contributed by atoms with E-state index >= 15 is 0 Å². The lowest BCUT2D eigenvalue weighted by Gasteiger charge is -2.34.